The summed E-state index contributed by atoms with van der Waals surface area (Å²) >= 11 is 0. The number of halogens is 3. The standard InChI is InChI=1S/C11H12F3NO4/c1-4-18-10(16)8-7(19-11(12,13)14)5-6(2)9(15-8)17-3/h5H,4H2,1-3H3. The summed E-state index contributed by atoms with van der Waals surface area (Å²) in [5.74, 6) is -1.71. The van der Waals surface area contributed by atoms with Crippen molar-refractivity contribution in [3.8, 4) is 11.6 Å². The van der Waals surface area contributed by atoms with E-state index >= 15 is 0 Å². The molecule has 0 N–H and O–H groups in total. The molecule has 1 heterocycles. The number of aromatic nitrogens is 1. The Balaban J connectivity index is 3.26. The Morgan fingerprint density at radius 2 is 2.05 bits per heavy atom. The molecule has 0 aliphatic rings. The lowest BCUT2D eigenvalue weighted by atomic mass is 10.2. The minimum absolute atomic E-state index is 0.00215. The lowest BCUT2D eigenvalue weighted by molar-refractivity contribution is -0.274. The molecule has 0 aliphatic carbocycles. The van der Waals surface area contributed by atoms with Gasteiger partial charge in [-0.2, -0.15) is 0 Å². The molecule has 1 rings (SSSR count). The number of carbonyl (C=O) groups excluding carboxylic acids is 1. The smallest absolute Gasteiger partial charge is 0.481 e. The SMILES string of the molecule is CCOC(=O)c1nc(OC)c(C)cc1OC(F)(F)F. The number of methoxy groups -OCH3 is 1. The Labute approximate surface area is 107 Å². The molecular formula is C11H12F3NO4. The zero-order chi connectivity index (χ0) is 14.6. The van der Waals surface area contributed by atoms with Gasteiger partial charge >= 0.3 is 12.3 Å². The van der Waals surface area contributed by atoms with Crippen LogP contribution in [0.1, 0.15) is 23.0 Å². The zero-order valence-corrected chi connectivity index (χ0v) is 10.5. The molecule has 19 heavy (non-hydrogen) atoms. The van der Waals surface area contributed by atoms with Crippen LogP contribution in [0.15, 0.2) is 6.07 Å². The first-order valence-electron chi connectivity index (χ1n) is 5.27. The molecule has 0 aromatic carbocycles. The van der Waals surface area contributed by atoms with Gasteiger partial charge in [0.2, 0.25) is 5.88 Å². The normalized spacial score (nSPS) is 11.1. The maximum absolute atomic E-state index is 12.3. The molecule has 1 aromatic heterocycles. The van der Waals surface area contributed by atoms with Crippen molar-refractivity contribution in [3.05, 3.63) is 17.3 Å². The van der Waals surface area contributed by atoms with E-state index in [1.165, 1.54) is 21.0 Å². The van der Waals surface area contributed by atoms with Gasteiger partial charge < -0.3 is 14.2 Å². The molecule has 0 amide bonds. The number of rotatable bonds is 4. The first-order valence-corrected chi connectivity index (χ1v) is 5.27. The van der Waals surface area contributed by atoms with E-state index in [0.29, 0.717) is 5.56 Å². The molecule has 0 atom stereocenters. The van der Waals surface area contributed by atoms with Crippen molar-refractivity contribution in [3.63, 3.8) is 0 Å². The number of esters is 1. The summed E-state index contributed by atoms with van der Waals surface area (Å²) in [5.41, 5.74) is -0.281. The molecule has 0 bridgehead atoms. The van der Waals surface area contributed by atoms with Crippen molar-refractivity contribution in [2.75, 3.05) is 13.7 Å². The summed E-state index contributed by atoms with van der Waals surface area (Å²) in [5, 5.41) is 0. The second-order valence-electron chi connectivity index (χ2n) is 3.43. The number of nitrogens with zero attached hydrogens (tertiary/aromatic N) is 1. The lowest BCUT2D eigenvalue weighted by Crippen LogP contribution is -2.20. The number of carbonyl (C=O) groups is 1. The van der Waals surface area contributed by atoms with Crippen LogP contribution in [0.5, 0.6) is 11.6 Å². The van der Waals surface area contributed by atoms with E-state index in [0.717, 1.165) is 6.07 Å². The average molecular weight is 279 g/mol. The molecule has 0 unspecified atom stereocenters. The van der Waals surface area contributed by atoms with Crippen molar-refractivity contribution in [2.24, 2.45) is 0 Å². The molecule has 5 nitrogen and oxygen atoms in total. The third kappa shape index (κ3) is 4.01. The molecule has 0 aliphatic heterocycles. The molecular weight excluding hydrogens is 267 g/mol. The highest BCUT2D eigenvalue weighted by molar-refractivity contribution is 5.90. The van der Waals surface area contributed by atoms with Crippen LogP contribution in [0.2, 0.25) is 0 Å². The van der Waals surface area contributed by atoms with Crippen LogP contribution < -0.4 is 9.47 Å². The van der Waals surface area contributed by atoms with Gasteiger partial charge in [-0.05, 0) is 19.9 Å². The third-order valence-corrected chi connectivity index (χ3v) is 2.02. The van der Waals surface area contributed by atoms with E-state index in [-0.39, 0.29) is 12.5 Å². The van der Waals surface area contributed by atoms with Gasteiger partial charge in [-0.3, -0.25) is 0 Å². The Morgan fingerprint density at radius 1 is 1.42 bits per heavy atom. The second kappa shape index (κ2) is 5.77. The number of aryl methyl sites for hydroxylation is 1. The van der Waals surface area contributed by atoms with Gasteiger partial charge in [0.15, 0.2) is 11.4 Å². The van der Waals surface area contributed by atoms with Gasteiger partial charge in [0, 0.05) is 5.56 Å². The van der Waals surface area contributed by atoms with Crippen LogP contribution >= 0.6 is 0 Å². The fourth-order valence-electron chi connectivity index (χ4n) is 1.33. The minimum Gasteiger partial charge on any atom is -0.481 e. The number of pyridine rings is 1. The summed E-state index contributed by atoms with van der Waals surface area (Å²) in [6.07, 6.45) is -4.93. The highest BCUT2D eigenvalue weighted by Crippen LogP contribution is 2.30. The quantitative estimate of drug-likeness (QED) is 0.792. The maximum atomic E-state index is 12.3. The molecule has 0 fully saturated rings. The topological polar surface area (TPSA) is 57.7 Å². The molecule has 0 saturated carbocycles. The molecule has 0 radical (unpaired) electrons. The number of ether oxygens (including phenoxy) is 3. The summed E-state index contributed by atoms with van der Waals surface area (Å²) in [7, 11) is 1.29. The zero-order valence-electron chi connectivity index (χ0n) is 10.5. The van der Waals surface area contributed by atoms with Crippen molar-refractivity contribution < 1.29 is 32.2 Å². The number of hydrogen-bond donors (Lipinski definition) is 0. The van der Waals surface area contributed by atoms with Crippen LogP contribution in [0.3, 0.4) is 0 Å². The average Bonchev–Trinajstić information content (AvgIpc) is 2.27. The molecule has 1 aromatic rings. The monoisotopic (exact) mass is 279 g/mol. The Kier molecular flexibility index (Phi) is 4.57. The molecule has 8 heteroatoms. The van der Waals surface area contributed by atoms with Gasteiger partial charge in [0.25, 0.3) is 0 Å². The van der Waals surface area contributed by atoms with Crippen molar-refractivity contribution >= 4 is 5.97 Å². The van der Waals surface area contributed by atoms with Crippen LogP contribution in [-0.4, -0.2) is 31.0 Å². The minimum atomic E-state index is -4.93. The second-order valence-corrected chi connectivity index (χ2v) is 3.43. The third-order valence-electron chi connectivity index (χ3n) is 2.02. The van der Waals surface area contributed by atoms with Gasteiger partial charge in [-0.1, -0.05) is 0 Å². The fourth-order valence-corrected chi connectivity index (χ4v) is 1.33. The van der Waals surface area contributed by atoms with Crippen molar-refractivity contribution in [2.45, 2.75) is 20.2 Å². The predicted octanol–water partition coefficient (Wildman–Crippen LogP) is 2.47. The first kappa shape index (κ1) is 15.1. The van der Waals surface area contributed by atoms with Gasteiger partial charge in [0.05, 0.1) is 13.7 Å². The molecule has 106 valence electrons. The van der Waals surface area contributed by atoms with Crippen LogP contribution in [0.4, 0.5) is 13.2 Å². The van der Waals surface area contributed by atoms with Crippen molar-refractivity contribution in [1.82, 2.24) is 4.98 Å². The van der Waals surface area contributed by atoms with E-state index in [4.69, 9.17) is 4.74 Å². The Hall–Kier alpha value is -1.99. The van der Waals surface area contributed by atoms with Crippen molar-refractivity contribution in [1.29, 1.82) is 0 Å². The van der Waals surface area contributed by atoms with E-state index in [9.17, 15) is 18.0 Å². The summed E-state index contributed by atoms with van der Waals surface area (Å²) < 4.78 is 50.0. The number of hydrogen-bond acceptors (Lipinski definition) is 5. The first-order chi connectivity index (χ1) is 8.78. The van der Waals surface area contributed by atoms with Crippen LogP contribution in [0.25, 0.3) is 0 Å². The largest absolute Gasteiger partial charge is 0.573 e. The highest BCUT2D eigenvalue weighted by atomic mass is 19.4. The van der Waals surface area contributed by atoms with Crippen LogP contribution in [0, 0.1) is 6.92 Å². The van der Waals surface area contributed by atoms with Gasteiger partial charge in [-0.25, -0.2) is 9.78 Å². The van der Waals surface area contributed by atoms with E-state index in [2.05, 4.69) is 14.5 Å². The maximum Gasteiger partial charge on any atom is 0.573 e. The molecule has 0 saturated heterocycles. The van der Waals surface area contributed by atoms with Crippen LogP contribution in [-0.2, 0) is 4.74 Å². The summed E-state index contributed by atoms with van der Waals surface area (Å²) in [6.45, 7) is 3.00. The summed E-state index contributed by atoms with van der Waals surface area (Å²) in [6, 6.07) is 1.02. The highest BCUT2D eigenvalue weighted by Gasteiger charge is 2.34. The molecule has 0 spiro atoms. The Morgan fingerprint density at radius 3 is 2.53 bits per heavy atom. The predicted molar refractivity (Wildman–Crippen MR) is 58.2 cm³/mol. The van der Waals surface area contributed by atoms with Gasteiger partial charge in [0.1, 0.15) is 0 Å². The van der Waals surface area contributed by atoms with E-state index in [1.807, 2.05) is 0 Å². The fraction of sp³-hybridized carbons (Fsp3) is 0.455. The lowest BCUT2D eigenvalue weighted by Gasteiger charge is -2.14. The van der Waals surface area contributed by atoms with E-state index in [1.54, 1.807) is 0 Å². The van der Waals surface area contributed by atoms with Gasteiger partial charge in [-0.15, -0.1) is 13.2 Å². The van der Waals surface area contributed by atoms with E-state index < -0.39 is 23.8 Å². The summed E-state index contributed by atoms with van der Waals surface area (Å²) in [4.78, 5) is 15.2. The Bertz CT molecular complexity index is 474. The number of alkyl halides is 3.